The first kappa shape index (κ1) is 12.0. The molecule has 0 spiro atoms. The third-order valence-electron chi connectivity index (χ3n) is 1.86. The molecule has 0 saturated carbocycles. The average molecular weight is 221 g/mol. The van der Waals surface area contributed by atoms with E-state index in [0.29, 0.717) is 11.3 Å². The first-order chi connectivity index (χ1) is 7.67. The molecule has 0 fully saturated rings. The van der Waals surface area contributed by atoms with Crippen LogP contribution in [0.25, 0.3) is 0 Å². The van der Waals surface area contributed by atoms with Gasteiger partial charge in [0.2, 0.25) is 0 Å². The topological polar surface area (TPSA) is 79.6 Å². The number of aliphatic hydroxyl groups is 1. The van der Waals surface area contributed by atoms with Gasteiger partial charge in [-0.3, -0.25) is 0 Å². The quantitative estimate of drug-likeness (QED) is 0.747. The van der Waals surface area contributed by atoms with Gasteiger partial charge in [-0.25, -0.2) is 4.79 Å². The van der Waals surface area contributed by atoms with Gasteiger partial charge in [0, 0.05) is 0 Å². The highest BCUT2D eigenvalue weighted by Gasteiger charge is 2.15. The molecule has 1 N–H and O–H groups in total. The van der Waals surface area contributed by atoms with Crippen molar-refractivity contribution in [1.29, 1.82) is 5.26 Å². The molecule has 1 rings (SSSR count). The summed E-state index contributed by atoms with van der Waals surface area (Å²) in [7, 11) is 1.19. The maximum Gasteiger partial charge on any atom is 0.338 e. The van der Waals surface area contributed by atoms with Crippen LogP contribution in [0.4, 0.5) is 0 Å². The van der Waals surface area contributed by atoms with Gasteiger partial charge in [-0.05, 0) is 24.3 Å². The van der Waals surface area contributed by atoms with Gasteiger partial charge < -0.3 is 14.6 Å². The van der Waals surface area contributed by atoms with E-state index in [-0.39, 0.29) is 6.61 Å². The number of nitriles is 1. The van der Waals surface area contributed by atoms with Gasteiger partial charge >= 0.3 is 5.97 Å². The van der Waals surface area contributed by atoms with Gasteiger partial charge in [0.15, 0.2) is 6.10 Å². The highest BCUT2D eigenvalue weighted by atomic mass is 16.5. The summed E-state index contributed by atoms with van der Waals surface area (Å²) in [5, 5.41) is 17.8. The molecule has 5 nitrogen and oxygen atoms in total. The SMILES string of the molecule is COC(=O)[C@H](O)COc1ccc(C#N)cc1. The normalized spacial score (nSPS) is 11.3. The van der Waals surface area contributed by atoms with Crippen LogP contribution in [0.15, 0.2) is 24.3 Å². The lowest BCUT2D eigenvalue weighted by Gasteiger charge is -2.10. The first-order valence-corrected chi connectivity index (χ1v) is 4.56. The van der Waals surface area contributed by atoms with Crippen molar-refractivity contribution in [2.75, 3.05) is 13.7 Å². The van der Waals surface area contributed by atoms with E-state index in [0.717, 1.165) is 0 Å². The van der Waals surface area contributed by atoms with Crippen LogP contribution in [0.3, 0.4) is 0 Å². The predicted molar refractivity (Wildman–Crippen MR) is 54.7 cm³/mol. The molecule has 0 amide bonds. The summed E-state index contributed by atoms with van der Waals surface area (Å²) in [5.41, 5.74) is 0.515. The maximum atomic E-state index is 10.8. The fourth-order valence-corrected chi connectivity index (χ4v) is 1.00. The van der Waals surface area contributed by atoms with Crippen molar-refractivity contribution in [2.45, 2.75) is 6.10 Å². The zero-order valence-corrected chi connectivity index (χ0v) is 8.71. The molecule has 0 saturated heterocycles. The molecule has 16 heavy (non-hydrogen) atoms. The molecule has 0 unspecified atom stereocenters. The molecule has 0 radical (unpaired) electrons. The molecule has 1 aromatic rings. The van der Waals surface area contributed by atoms with E-state index in [1.807, 2.05) is 6.07 Å². The second kappa shape index (κ2) is 5.73. The number of benzene rings is 1. The van der Waals surface area contributed by atoms with E-state index < -0.39 is 12.1 Å². The lowest BCUT2D eigenvalue weighted by atomic mass is 10.2. The minimum atomic E-state index is -1.30. The Bertz CT molecular complexity index is 393. The molecule has 0 heterocycles. The van der Waals surface area contributed by atoms with E-state index in [1.54, 1.807) is 24.3 Å². The van der Waals surface area contributed by atoms with E-state index in [2.05, 4.69) is 4.74 Å². The summed E-state index contributed by atoms with van der Waals surface area (Å²) in [4.78, 5) is 10.8. The van der Waals surface area contributed by atoms with Crippen LogP contribution < -0.4 is 4.74 Å². The minimum absolute atomic E-state index is 0.182. The third kappa shape index (κ3) is 3.26. The largest absolute Gasteiger partial charge is 0.490 e. The Morgan fingerprint density at radius 2 is 2.12 bits per heavy atom. The Hall–Kier alpha value is -2.06. The molecule has 84 valence electrons. The highest BCUT2D eigenvalue weighted by molar-refractivity contribution is 5.74. The standard InChI is InChI=1S/C11H11NO4/c1-15-11(14)10(13)7-16-9-4-2-8(6-12)3-5-9/h2-5,10,13H,7H2,1H3/t10-/m1/s1. The Kier molecular flexibility index (Phi) is 4.30. The van der Waals surface area contributed by atoms with Crippen molar-refractivity contribution in [2.24, 2.45) is 0 Å². The van der Waals surface area contributed by atoms with E-state index in [9.17, 15) is 9.90 Å². The number of aliphatic hydroxyl groups excluding tert-OH is 1. The number of hydrogen-bond acceptors (Lipinski definition) is 5. The fourth-order valence-electron chi connectivity index (χ4n) is 1.00. The lowest BCUT2D eigenvalue weighted by Crippen LogP contribution is -2.28. The monoisotopic (exact) mass is 221 g/mol. The zero-order chi connectivity index (χ0) is 12.0. The molecular formula is C11H11NO4. The number of hydrogen-bond donors (Lipinski definition) is 1. The summed E-state index contributed by atoms with van der Waals surface area (Å²) >= 11 is 0. The summed E-state index contributed by atoms with van der Waals surface area (Å²) < 4.78 is 9.45. The zero-order valence-electron chi connectivity index (χ0n) is 8.71. The van der Waals surface area contributed by atoms with Gasteiger partial charge in [-0.2, -0.15) is 5.26 Å². The lowest BCUT2D eigenvalue weighted by molar-refractivity contribution is -0.151. The molecule has 0 aliphatic carbocycles. The Labute approximate surface area is 92.8 Å². The van der Waals surface area contributed by atoms with Crippen LogP contribution in [0.1, 0.15) is 5.56 Å². The Balaban J connectivity index is 2.49. The summed E-state index contributed by atoms with van der Waals surface area (Å²) in [6.07, 6.45) is -1.30. The smallest absolute Gasteiger partial charge is 0.338 e. The molecule has 0 aromatic heterocycles. The van der Waals surface area contributed by atoms with Crippen LogP contribution in [-0.4, -0.2) is 30.9 Å². The van der Waals surface area contributed by atoms with Crippen molar-refractivity contribution < 1.29 is 19.4 Å². The summed E-state index contributed by atoms with van der Waals surface area (Å²) in [6, 6.07) is 8.31. The van der Waals surface area contributed by atoms with E-state index in [1.165, 1.54) is 7.11 Å². The number of carbonyl (C=O) groups is 1. The van der Waals surface area contributed by atoms with Crippen molar-refractivity contribution in [1.82, 2.24) is 0 Å². The number of ether oxygens (including phenoxy) is 2. The fraction of sp³-hybridized carbons (Fsp3) is 0.273. The molecule has 0 aliphatic rings. The van der Waals surface area contributed by atoms with E-state index in [4.69, 9.17) is 10.00 Å². The molecule has 0 aliphatic heterocycles. The summed E-state index contributed by atoms with van der Waals surface area (Å²) in [5.74, 6) is -0.268. The van der Waals surface area contributed by atoms with Gasteiger partial charge in [0.25, 0.3) is 0 Å². The number of carbonyl (C=O) groups excluding carboxylic acids is 1. The van der Waals surface area contributed by atoms with Crippen molar-refractivity contribution in [3.63, 3.8) is 0 Å². The van der Waals surface area contributed by atoms with Crippen molar-refractivity contribution >= 4 is 5.97 Å². The van der Waals surface area contributed by atoms with Crippen LogP contribution >= 0.6 is 0 Å². The molecular weight excluding hydrogens is 210 g/mol. The van der Waals surface area contributed by atoms with Gasteiger partial charge in [-0.15, -0.1) is 0 Å². The number of rotatable bonds is 4. The molecule has 0 bridgehead atoms. The predicted octanol–water partition coefficient (Wildman–Crippen LogP) is 0.471. The van der Waals surface area contributed by atoms with Gasteiger partial charge in [0.05, 0.1) is 18.7 Å². The van der Waals surface area contributed by atoms with Gasteiger partial charge in [-0.1, -0.05) is 0 Å². The third-order valence-corrected chi connectivity index (χ3v) is 1.86. The number of methoxy groups -OCH3 is 1. The average Bonchev–Trinajstić information content (AvgIpc) is 2.35. The number of nitrogens with zero attached hydrogens (tertiary/aromatic N) is 1. The molecule has 1 atom stereocenters. The second-order valence-electron chi connectivity index (χ2n) is 2.99. The van der Waals surface area contributed by atoms with Crippen LogP contribution in [0.5, 0.6) is 5.75 Å². The van der Waals surface area contributed by atoms with Crippen LogP contribution in [-0.2, 0) is 9.53 Å². The molecule has 1 aromatic carbocycles. The maximum absolute atomic E-state index is 10.8. The highest BCUT2D eigenvalue weighted by Crippen LogP contribution is 2.11. The van der Waals surface area contributed by atoms with E-state index >= 15 is 0 Å². The summed E-state index contributed by atoms with van der Waals surface area (Å²) in [6.45, 7) is -0.182. The second-order valence-corrected chi connectivity index (χ2v) is 2.99. The molecule has 5 heteroatoms. The van der Waals surface area contributed by atoms with Crippen LogP contribution in [0.2, 0.25) is 0 Å². The van der Waals surface area contributed by atoms with Gasteiger partial charge in [0.1, 0.15) is 12.4 Å². The van der Waals surface area contributed by atoms with Crippen molar-refractivity contribution in [3.8, 4) is 11.8 Å². The minimum Gasteiger partial charge on any atom is -0.490 e. The number of esters is 1. The first-order valence-electron chi connectivity index (χ1n) is 4.56. The Morgan fingerprint density at radius 3 is 2.62 bits per heavy atom. The Morgan fingerprint density at radius 1 is 1.50 bits per heavy atom. The van der Waals surface area contributed by atoms with Crippen LogP contribution in [0, 0.1) is 11.3 Å². The van der Waals surface area contributed by atoms with Crippen molar-refractivity contribution in [3.05, 3.63) is 29.8 Å².